The predicted molar refractivity (Wildman–Crippen MR) is 124 cm³/mol. The van der Waals surface area contributed by atoms with Gasteiger partial charge in [0.25, 0.3) is 11.9 Å². The first-order valence-electron chi connectivity index (χ1n) is 10.9. The van der Waals surface area contributed by atoms with Crippen molar-refractivity contribution in [3.05, 3.63) is 72.6 Å². The Morgan fingerprint density at radius 3 is 2.64 bits per heavy atom. The SMILES string of the molecule is CN1CCC(NC(=O)c2cccc(-n3cc(Nc4nnnn4-c4ccccc4)cn3)c2)CC1. The Kier molecular flexibility index (Phi) is 5.81. The number of anilines is 2. The average molecular weight is 444 g/mol. The van der Waals surface area contributed by atoms with Crippen LogP contribution in [0.1, 0.15) is 23.2 Å². The Bertz CT molecular complexity index is 1230. The smallest absolute Gasteiger partial charge is 0.252 e. The molecule has 4 aromatic rings. The number of piperidine rings is 1. The lowest BCUT2D eigenvalue weighted by atomic mass is 10.0. The van der Waals surface area contributed by atoms with Crippen molar-refractivity contribution in [1.82, 2.24) is 40.2 Å². The average Bonchev–Trinajstić information content (AvgIpc) is 3.51. The highest BCUT2D eigenvalue weighted by molar-refractivity contribution is 5.94. The Hall–Kier alpha value is -4.05. The molecular formula is C23H25N9O. The van der Waals surface area contributed by atoms with Crippen LogP contribution < -0.4 is 10.6 Å². The van der Waals surface area contributed by atoms with Crippen LogP contribution in [-0.2, 0) is 0 Å². The second-order valence-corrected chi connectivity index (χ2v) is 8.15. The van der Waals surface area contributed by atoms with Crippen LogP contribution in [0.4, 0.5) is 11.6 Å². The molecule has 2 aromatic carbocycles. The summed E-state index contributed by atoms with van der Waals surface area (Å²) < 4.78 is 3.33. The summed E-state index contributed by atoms with van der Waals surface area (Å²) >= 11 is 0. The van der Waals surface area contributed by atoms with Crippen molar-refractivity contribution < 1.29 is 4.79 Å². The molecule has 168 valence electrons. The molecule has 2 aromatic heterocycles. The van der Waals surface area contributed by atoms with Crippen LogP contribution in [0, 0.1) is 0 Å². The fourth-order valence-corrected chi connectivity index (χ4v) is 3.88. The van der Waals surface area contributed by atoms with Gasteiger partial charge in [0.2, 0.25) is 0 Å². The van der Waals surface area contributed by atoms with E-state index in [-0.39, 0.29) is 11.9 Å². The van der Waals surface area contributed by atoms with Gasteiger partial charge in [-0.15, -0.1) is 0 Å². The number of nitrogens with zero attached hydrogens (tertiary/aromatic N) is 7. The molecule has 10 nitrogen and oxygen atoms in total. The van der Waals surface area contributed by atoms with Crippen LogP contribution in [0.5, 0.6) is 0 Å². The van der Waals surface area contributed by atoms with Gasteiger partial charge in [-0.05, 0) is 73.7 Å². The van der Waals surface area contributed by atoms with E-state index in [0.717, 1.165) is 43.0 Å². The predicted octanol–water partition coefficient (Wildman–Crippen LogP) is 2.42. The first-order valence-corrected chi connectivity index (χ1v) is 10.9. The number of nitrogens with one attached hydrogen (secondary N) is 2. The largest absolute Gasteiger partial charge is 0.349 e. The number of aromatic nitrogens is 6. The highest BCUT2D eigenvalue weighted by Gasteiger charge is 2.19. The lowest BCUT2D eigenvalue weighted by Crippen LogP contribution is -2.43. The number of likely N-dealkylation sites (tertiary alicyclic amines) is 1. The molecule has 1 aliphatic rings. The van der Waals surface area contributed by atoms with Gasteiger partial charge in [0, 0.05) is 11.6 Å². The normalized spacial score (nSPS) is 14.8. The lowest BCUT2D eigenvalue weighted by molar-refractivity contribution is 0.0917. The van der Waals surface area contributed by atoms with Gasteiger partial charge in [-0.1, -0.05) is 29.4 Å². The van der Waals surface area contributed by atoms with Crippen molar-refractivity contribution in [3.63, 3.8) is 0 Å². The Balaban J connectivity index is 1.29. The highest BCUT2D eigenvalue weighted by atomic mass is 16.1. The second-order valence-electron chi connectivity index (χ2n) is 8.15. The summed E-state index contributed by atoms with van der Waals surface area (Å²) in [5, 5.41) is 22.7. The van der Waals surface area contributed by atoms with Crippen molar-refractivity contribution in [3.8, 4) is 11.4 Å². The fourth-order valence-electron chi connectivity index (χ4n) is 3.88. The summed E-state index contributed by atoms with van der Waals surface area (Å²) in [6.07, 6.45) is 5.46. The molecule has 1 aliphatic heterocycles. The molecular weight excluding hydrogens is 418 g/mol. The van der Waals surface area contributed by atoms with E-state index in [9.17, 15) is 4.79 Å². The van der Waals surface area contributed by atoms with Crippen molar-refractivity contribution in [2.24, 2.45) is 0 Å². The van der Waals surface area contributed by atoms with E-state index < -0.39 is 0 Å². The molecule has 3 heterocycles. The fraction of sp³-hybridized carbons (Fsp3) is 0.261. The molecule has 1 fully saturated rings. The maximum atomic E-state index is 12.8. The second kappa shape index (κ2) is 9.21. The molecule has 0 atom stereocenters. The first kappa shape index (κ1) is 20.8. The summed E-state index contributed by atoms with van der Waals surface area (Å²) in [4.78, 5) is 15.1. The zero-order valence-corrected chi connectivity index (χ0v) is 18.3. The monoisotopic (exact) mass is 443 g/mol. The maximum absolute atomic E-state index is 12.8. The van der Waals surface area contributed by atoms with E-state index in [1.54, 1.807) is 15.6 Å². The molecule has 0 spiro atoms. The number of benzene rings is 2. The molecule has 0 bridgehead atoms. The number of tetrazole rings is 1. The summed E-state index contributed by atoms with van der Waals surface area (Å²) in [6.45, 7) is 2.00. The summed E-state index contributed by atoms with van der Waals surface area (Å²) in [5.74, 6) is 0.422. The molecule has 1 amide bonds. The minimum atomic E-state index is -0.0565. The van der Waals surface area contributed by atoms with Crippen LogP contribution in [0.25, 0.3) is 11.4 Å². The van der Waals surface area contributed by atoms with Gasteiger partial charge in [-0.25, -0.2) is 4.68 Å². The van der Waals surface area contributed by atoms with Crippen LogP contribution in [0.3, 0.4) is 0 Å². The third kappa shape index (κ3) is 4.75. The van der Waals surface area contributed by atoms with Crippen molar-refractivity contribution in [1.29, 1.82) is 0 Å². The molecule has 10 heteroatoms. The number of rotatable bonds is 6. The van der Waals surface area contributed by atoms with E-state index in [4.69, 9.17) is 0 Å². The third-order valence-electron chi connectivity index (χ3n) is 5.74. The van der Waals surface area contributed by atoms with Gasteiger partial charge < -0.3 is 15.5 Å². The highest BCUT2D eigenvalue weighted by Crippen LogP contribution is 2.19. The molecule has 0 saturated carbocycles. The van der Waals surface area contributed by atoms with E-state index in [1.165, 1.54) is 0 Å². The lowest BCUT2D eigenvalue weighted by Gasteiger charge is -2.29. The number of carbonyl (C=O) groups is 1. The third-order valence-corrected chi connectivity index (χ3v) is 5.74. The van der Waals surface area contributed by atoms with Crippen molar-refractivity contribution >= 4 is 17.5 Å². The molecule has 0 unspecified atom stereocenters. The number of amides is 1. The van der Waals surface area contributed by atoms with Gasteiger partial charge >= 0.3 is 0 Å². The van der Waals surface area contributed by atoms with E-state index in [2.05, 4.69) is 43.2 Å². The number of para-hydroxylation sites is 1. The Morgan fingerprint density at radius 1 is 1.03 bits per heavy atom. The van der Waals surface area contributed by atoms with Crippen LogP contribution in [0.15, 0.2) is 67.0 Å². The molecule has 2 N–H and O–H groups in total. The Morgan fingerprint density at radius 2 is 1.82 bits per heavy atom. The van der Waals surface area contributed by atoms with E-state index >= 15 is 0 Å². The number of hydrogen-bond donors (Lipinski definition) is 2. The topological polar surface area (TPSA) is 106 Å². The van der Waals surface area contributed by atoms with Crippen LogP contribution >= 0.6 is 0 Å². The molecule has 5 rings (SSSR count). The first-order chi connectivity index (χ1) is 16.2. The zero-order chi connectivity index (χ0) is 22.6. The van der Waals surface area contributed by atoms with E-state index in [1.807, 2.05) is 60.8 Å². The standard InChI is InChI=1S/C23H25N9O/c1-30-12-10-18(11-13-30)25-22(33)17-6-5-9-21(14-17)31-16-19(15-24-31)26-23-27-28-29-32(23)20-7-3-2-4-8-20/h2-9,14-16,18H,10-13H2,1H3,(H,25,33)(H,26,27,29). The van der Waals surface area contributed by atoms with Gasteiger partial charge in [0.1, 0.15) is 0 Å². The summed E-state index contributed by atoms with van der Waals surface area (Å²) in [6, 6.07) is 17.3. The molecule has 33 heavy (non-hydrogen) atoms. The molecule has 0 radical (unpaired) electrons. The van der Waals surface area contributed by atoms with Gasteiger partial charge in [-0.3, -0.25) is 4.79 Å². The number of hydrogen-bond acceptors (Lipinski definition) is 7. The zero-order valence-electron chi connectivity index (χ0n) is 18.3. The van der Waals surface area contributed by atoms with Gasteiger partial charge in [0.15, 0.2) is 0 Å². The van der Waals surface area contributed by atoms with E-state index in [0.29, 0.717) is 11.5 Å². The van der Waals surface area contributed by atoms with Gasteiger partial charge in [-0.2, -0.15) is 9.78 Å². The minimum Gasteiger partial charge on any atom is -0.349 e. The summed E-state index contributed by atoms with van der Waals surface area (Å²) in [7, 11) is 2.11. The molecule has 1 saturated heterocycles. The van der Waals surface area contributed by atoms with Crippen molar-refractivity contribution in [2.75, 3.05) is 25.5 Å². The number of carbonyl (C=O) groups excluding carboxylic acids is 1. The minimum absolute atomic E-state index is 0.0565. The van der Waals surface area contributed by atoms with Gasteiger partial charge in [0.05, 0.1) is 29.5 Å². The van der Waals surface area contributed by atoms with Crippen molar-refractivity contribution in [2.45, 2.75) is 18.9 Å². The Labute approximate surface area is 191 Å². The van der Waals surface area contributed by atoms with Crippen LogP contribution in [0.2, 0.25) is 0 Å². The molecule has 0 aliphatic carbocycles. The maximum Gasteiger partial charge on any atom is 0.252 e. The summed E-state index contributed by atoms with van der Waals surface area (Å²) in [5.41, 5.74) is 2.98. The quantitative estimate of drug-likeness (QED) is 0.471. The van der Waals surface area contributed by atoms with Crippen LogP contribution in [-0.4, -0.2) is 67.0 Å².